The van der Waals surface area contributed by atoms with Crippen LogP contribution in [-0.4, -0.2) is 30.8 Å². The Hall–Kier alpha value is -3.94. The van der Waals surface area contributed by atoms with Crippen LogP contribution in [-0.2, 0) is 6.54 Å². The fourth-order valence-corrected chi connectivity index (χ4v) is 2.66. The first-order chi connectivity index (χ1) is 13.6. The van der Waals surface area contributed by atoms with E-state index in [1.807, 2.05) is 31.2 Å². The molecule has 0 fully saturated rings. The van der Waals surface area contributed by atoms with Crippen LogP contribution in [0, 0.1) is 6.92 Å². The summed E-state index contributed by atoms with van der Waals surface area (Å²) < 4.78 is 1.74. The van der Waals surface area contributed by atoms with E-state index in [2.05, 4.69) is 25.3 Å². The number of aromatic nitrogens is 4. The molecule has 2 heterocycles. The molecule has 0 spiro atoms. The average Bonchev–Trinajstić information content (AvgIpc) is 3.12. The Balaban J connectivity index is 1.55. The molecule has 8 heteroatoms. The van der Waals surface area contributed by atoms with Gasteiger partial charge in [-0.3, -0.25) is 0 Å². The monoisotopic (exact) mass is 372 g/mol. The zero-order valence-corrected chi connectivity index (χ0v) is 15.0. The summed E-state index contributed by atoms with van der Waals surface area (Å²) in [6, 6.07) is 14.5. The van der Waals surface area contributed by atoms with Crippen LogP contribution < -0.4 is 0 Å². The molecule has 0 aliphatic rings. The van der Waals surface area contributed by atoms with E-state index in [9.17, 15) is 4.79 Å². The molecule has 1 N–H and O–H groups in total. The fraction of sp³-hybridized carbons (Fsp3) is 0.100. The highest BCUT2D eigenvalue weighted by molar-refractivity contribution is 5.87. The van der Waals surface area contributed by atoms with Gasteiger partial charge >= 0.3 is 5.97 Å². The minimum absolute atomic E-state index is 0.235. The van der Waals surface area contributed by atoms with Crippen molar-refractivity contribution >= 4 is 23.0 Å². The van der Waals surface area contributed by atoms with Crippen molar-refractivity contribution in [1.82, 2.24) is 19.7 Å². The molecular weight excluding hydrogens is 356 g/mol. The molecule has 0 atom stereocenters. The van der Waals surface area contributed by atoms with E-state index >= 15 is 0 Å². The number of benzene rings is 2. The normalized spacial score (nSPS) is 11.3. The molecular formula is C20H16N6O2. The second-order valence-corrected chi connectivity index (χ2v) is 6.24. The van der Waals surface area contributed by atoms with Gasteiger partial charge in [-0.15, -0.1) is 5.11 Å². The van der Waals surface area contributed by atoms with Gasteiger partial charge in [0.1, 0.15) is 0 Å². The molecule has 0 aliphatic heterocycles. The molecule has 4 aromatic rings. The lowest BCUT2D eigenvalue weighted by atomic mass is 10.1. The van der Waals surface area contributed by atoms with Crippen molar-refractivity contribution in [2.75, 3.05) is 0 Å². The number of rotatable bonds is 5. The van der Waals surface area contributed by atoms with Crippen LogP contribution in [0.3, 0.4) is 0 Å². The Labute approximate surface area is 160 Å². The second-order valence-electron chi connectivity index (χ2n) is 6.24. The summed E-state index contributed by atoms with van der Waals surface area (Å²) in [6.45, 7) is 2.33. The van der Waals surface area contributed by atoms with Gasteiger partial charge in [0.2, 0.25) is 0 Å². The summed E-state index contributed by atoms with van der Waals surface area (Å²) >= 11 is 0. The van der Waals surface area contributed by atoms with E-state index in [-0.39, 0.29) is 11.5 Å². The number of fused-ring (bicyclic) bond motifs is 1. The van der Waals surface area contributed by atoms with Gasteiger partial charge in [0, 0.05) is 6.20 Å². The molecule has 0 aliphatic carbocycles. The molecule has 138 valence electrons. The maximum atomic E-state index is 10.9. The molecule has 0 unspecified atom stereocenters. The van der Waals surface area contributed by atoms with Gasteiger partial charge in [0.05, 0.1) is 29.4 Å². The van der Waals surface area contributed by atoms with Gasteiger partial charge in [-0.2, -0.15) is 15.2 Å². The quantitative estimate of drug-likeness (QED) is 0.531. The third-order valence-corrected chi connectivity index (χ3v) is 4.19. The van der Waals surface area contributed by atoms with Crippen LogP contribution >= 0.6 is 0 Å². The van der Waals surface area contributed by atoms with E-state index in [1.165, 1.54) is 17.7 Å². The van der Waals surface area contributed by atoms with Crippen LogP contribution in [0.2, 0.25) is 0 Å². The topological polar surface area (TPSA) is 106 Å². The first-order valence-electron chi connectivity index (χ1n) is 8.58. The minimum atomic E-state index is -0.958. The Morgan fingerprint density at radius 3 is 2.54 bits per heavy atom. The van der Waals surface area contributed by atoms with Crippen LogP contribution in [0.15, 0.2) is 71.2 Å². The summed E-state index contributed by atoms with van der Waals surface area (Å²) in [6.07, 6.45) is 3.37. The molecule has 28 heavy (non-hydrogen) atoms. The fourth-order valence-electron chi connectivity index (χ4n) is 2.66. The highest BCUT2D eigenvalue weighted by atomic mass is 16.4. The largest absolute Gasteiger partial charge is 0.478 e. The van der Waals surface area contributed by atoms with Crippen molar-refractivity contribution in [2.24, 2.45) is 10.2 Å². The molecule has 2 aromatic heterocycles. The summed E-state index contributed by atoms with van der Waals surface area (Å²) in [7, 11) is 0. The van der Waals surface area contributed by atoms with E-state index in [0.29, 0.717) is 12.2 Å². The third kappa shape index (κ3) is 3.61. The van der Waals surface area contributed by atoms with Crippen molar-refractivity contribution in [2.45, 2.75) is 13.5 Å². The zero-order valence-electron chi connectivity index (χ0n) is 15.0. The van der Waals surface area contributed by atoms with Crippen molar-refractivity contribution in [3.05, 3.63) is 77.6 Å². The number of aromatic carboxylic acids is 1. The Morgan fingerprint density at radius 1 is 1.07 bits per heavy atom. The smallest absolute Gasteiger partial charge is 0.335 e. The molecule has 0 saturated carbocycles. The van der Waals surface area contributed by atoms with E-state index < -0.39 is 5.97 Å². The molecule has 2 aromatic carbocycles. The Kier molecular flexibility index (Phi) is 4.59. The molecule has 8 nitrogen and oxygen atoms in total. The number of hydrogen-bond donors (Lipinski definition) is 1. The van der Waals surface area contributed by atoms with E-state index in [0.717, 1.165) is 16.6 Å². The van der Waals surface area contributed by atoms with Gasteiger partial charge in [0.25, 0.3) is 5.95 Å². The molecule has 4 rings (SSSR count). The van der Waals surface area contributed by atoms with Crippen molar-refractivity contribution in [3.63, 3.8) is 0 Å². The predicted molar refractivity (Wildman–Crippen MR) is 103 cm³/mol. The maximum Gasteiger partial charge on any atom is 0.335 e. The average molecular weight is 372 g/mol. The lowest BCUT2D eigenvalue weighted by Crippen LogP contribution is -1.97. The first kappa shape index (κ1) is 17.5. The molecule has 0 bridgehead atoms. The first-order valence-corrected chi connectivity index (χ1v) is 8.58. The Morgan fingerprint density at radius 2 is 1.82 bits per heavy atom. The number of carboxylic acids is 1. The predicted octanol–water partition coefficient (Wildman–Crippen LogP) is 4.11. The van der Waals surface area contributed by atoms with Gasteiger partial charge < -0.3 is 5.11 Å². The third-order valence-electron chi connectivity index (χ3n) is 4.19. The second kappa shape index (κ2) is 7.36. The number of hydrogen-bond acceptors (Lipinski definition) is 6. The highest BCUT2D eigenvalue weighted by Crippen LogP contribution is 2.19. The molecule has 0 amide bonds. The Bertz CT molecular complexity index is 1160. The summed E-state index contributed by atoms with van der Waals surface area (Å²) in [5.74, 6) is -0.719. The summed E-state index contributed by atoms with van der Waals surface area (Å²) in [4.78, 5) is 19.5. The lowest BCUT2D eigenvalue weighted by Gasteiger charge is -2.03. The zero-order chi connectivity index (χ0) is 19.5. The van der Waals surface area contributed by atoms with Gasteiger partial charge in [-0.05, 0) is 36.8 Å². The van der Waals surface area contributed by atoms with E-state index in [1.54, 1.807) is 29.2 Å². The highest BCUT2D eigenvalue weighted by Gasteiger charge is 2.08. The van der Waals surface area contributed by atoms with Crippen LogP contribution in [0.1, 0.15) is 21.5 Å². The maximum absolute atomic E-state index is 10.9. The summed E-state index contributed by atoms with van der Waals surface area (Å²) in [5.41, 5.74) is 3.80. The van der Waals surface area contributed by atoms with Gasteiger partial charge in [-0.1, -0.05) is 29.8 Å². The SMILES string of the molecule is Cc1ccc(-n2ncc3cnc(N=NCc4ccc(C(=O)O)cc4)nc32)cc1. The standard InChI is InChI=1S/C20H16N6O2/c1-13-2-8-17(9-3-13)26-18-16(12-23-26)11-21-20(24-18)25-22-10-14-4-6-15(7-5-14)19(27)28/h2-9,11-12H,10H2,1H3,(H,27,28). The number of carbonyl (C=O) groups is 1. The van der Waals surface area contributed by atoms with Gasteiger partial charge in [0.15, 0.2) is 5.65 Å². The van der Waals surface area contributed by atoms with Crippen molar-refractivity contribution in [1.29, 1.82) is 0 Å². The lowest BCUT2D eigenvalue weighted by molar-refractivity contribution is 0.0697. The van der Waals surface area contributed by atoms with Crippen LogP contribution in [0.4, 0.5) is 5.95 Å². The van der Waals surface area contributed by atoms with Crippen molar-refractivity contribution < 1.29 is 9.90 Å². The van der Waals surface area contributed by atoms with Crippen LogP contribution in [0.25, 0.3) is 16.7 Å². The minimum Gasteiger partial charge on any atom is -0.478 e. The number of nitrogens with zero attached hydrogens (tertiary/aromatic N) is 6. The number of carboxylic acid groups (broad SMARTS) is 1. The summed E-state index contributed by atoms with van der Waals surface area (Å²) in [5, 5.41) is 22.3. The van der Waals surface area contributed by atoms with Crippen molar-refractivity contribution in [3.8, 4) is 5.69 Å². The number of azo groups is 1. The van der Waals surface area contributed by atoms with Gasteiger partial charge in [-0.25, -0.2) is 14.5 Å². The number of aryl methyl sites for hydroxylation is 1. The molecule has 0 saturated heterocycles. The van der Waals surface area contributed by atoms with E-state index in [4.69, 9.17) is 5.11 Å². The van der Waals surface area contributed by atoms with Crippen LogP contribution in [0.5, 0.6) is 0 Å². The molecule has 0 radical (unpaired) electrons.